The monoisotopic (exact) mass is 331 g/mol. The molecule has 1 aromatic carbocycles. The van der Waals surface area contributed by atoms with E-state index in [2.05, 4.69) is 23.2 Å². The van der Waals surface area contributed by atoms with Crippen molar-refractivity contribution in [2.45, 2.75) is 13.3 Å². The minimum atomic E-state index is 0. The topological polar surface area (TPSA) is 35.6 Å². The summed E-state index contributed by atoms with van der Waals surface area (Å²) < 4.78 is 0. The first-order valence-electron chi connectivity index (χ1n) is 7.16. The number of hydrogen-bond donors (Lipinski definition) is 1. The van der Waals surface area contributed by atoms with Gasteiger partial charge in [0.05, 0.1) is 0 Å². The molecule has 0 spiro atoms. The van der Waals surface area contributed by atoms with Gasteiger partial charge < -0.3 is 15.1 Å². The highest BCUT2D eigenvalue weighted by Gasteiger charge is 2.22. The molecule has 2 aliphatic rings. The molecule has 1 saturated heterocycles. The summed E-state index contributed by atoms with van der Waals surface area (Å²) in [6, 6.07) is 6.05. The first-order chi connectivity index (χ1) is 9.28. The van der Waals surface area contributed by atoms with Crippen LogP contribution in [0.1, 0.15) is 22.8 Å². The van der Waals surface area contributed by atoms with Crippen molar-refractivity contribution in [2.24, 2.45) is 0 Å². The highest BCUT2D eigenvalue weighted by Crippen LogP contribution is 2.23. The summed E-state index contributed by atoms with van der Waals surface area (Å²) in [4.78, 5) is 16.8. The molecule has 0 aliphatic carbocycles. The molecule has 0 aromatic heterocycles. The molecule has 0 atom stereocenters. The van der Waals surface area contributed by atoms with Gasteiger partial charge in [0.15, 0.2) is 0 Å². The van der Waals surface area contributed by atoms with E-state index in [9.17, 15) is 4.79 Å². The number of anilines is 1. The van der Waals surface area contributed by atoms with Gasteiger partial charge in [-0.2, -0.15) is 0 Å². The first-order valence-corrected chi connectivity index (χ1v) is 7.16. The van der Waals surface area contributed by atoms with E-state index in [1.54, 1.807) is 0 Å². The lowest BCUT2D eigenvalue weighted by Gasteiger charge is -2.34. The van der Waals surface area contributed by atoms with Crippen LogP contribution in [0.3, 0.4) is 0 Å². The lowest BCUT2D eigenvalue weighted by Crippen LogP contribution is -2.48. The number of benzene rings is 1. The third-order valence-electron chi connectivity index (χ3n) is 4.17. The van der Waals surface area contributed by atoms with Crippen molar-refractivity contribution < 1.29 is 4.79 Å². The average Bonchev–Trinajstić information content (AvgIpc) is 2.94. The molecule has 1 fully saturated rings. The number of piperazine rings is 1. The fourth-order valence-electron chi connectivity index (χ4n) is 2.89. The molecule has 21 heavy (non-hydrogen) atoms. The molecular formula is C15H23Cl2N3O. The molecule has 4 nitrogen and oxygen atoms in total. The Morgan fingerprint density at radius 2 is 1.90 bits per heavy atom. The van der Waals surface area contributed by atoms with Crippen LogP contribution in [0.15, 0.2) is 18.2 Å². The number of rotatable bonds is 2. The van der Waals surface area contributed by atoms with E-state index in [0.717, 1.165) is 51.3 Å². The van der Waals surface area contributed by atoms with Gasteiger partial charge >= 0.3 is 0 Å². The number of nitrogens with one attached hydrogen (secondary N) is 1. The number of likely N-dealkylation sites (N-methyl/N-ethyl adjacent to an activating group) is 1. The summed E-state index contributed by atoms with van der Waals surface area (Å²) in [7, 11) is 0. The number of amides is 1. The van der Waals surface area contributed by atoms with Gasteiger partial charge in [0.2, 0.25) is 0 Å². The molecule has 1 amide bonds. The molecule has 1 N–H and O–H groups in total. The zero-order valence-corrected chi connectivity index (χ0v) is 13.9. The minimum Gasteiger partial charge on any atom is -0.384 e. The summed E-state index contributed by atoms with van der Waals surface area (Å²) in [5.41, 5.74) is 3.30. The second-order valence-electron chi connectivity index (χ2n) is 5.28. The van der Waals surface area contributed by atoms with Gasteiger partial charge in [-0.1, -0.05) is 6.92 Å². The van der Waals surface area contributed by atoms with E-state index in [-0.39, 0.29) is 30.7 Å². The van der Waals surface area contributed by atoms with Crippen molar-refractivity contribution in [1.29, 1.82) is 0 Å². The van der Waals surface area contributed by atoms with Crippen LogP contribution in [-0.2, 0) is 6.42 Å². The average molecular weight is 332 g/mol. The van der Waals surface area contributed by atoms with Crippen molar-refractivity contribution >= 4 is 36.4 Å². The fourth-order valence-corrected chi connectivity index (χ4v) is 2.89. The van der Waals surface area contributed by atoms with Crippen LogP contribution in [-0.4, -0.2) is 55.0 Å². The van der Waals surface area contributed by atoms with Gasteiger partial charge in [0, 0.05) is 44.0 Å². The molecule has 0 radical (unpaired) electrons. The predicted molar refractivity (Wildman–Crippen MR) is 91.1 cm³/mol. The molecule has 0 unspecified atom stereocenters. The Labute approximate surface area is 138 Å². The SMILES string of the molecule is CCN1CCN(C(=O)c2ccc3c(c2)CCN3)CC1.Cl.Cl. The highest BCUT2D eigenvalue weighted by atomic mass is 35.5. The molecule has 0 bridgehead atoms. The van der Waals surface area contributed by atoms with Crippen molar-refractivity contribution in [3.05, 3.63) is 29.3 Å². The Kier molecular flexibility index (Phi) is 6.78. The summed E-state index contributed by atoms with van der Waals surface area (Å²) >= 11 is 0. The number of nitrogens with zero attached hydrogens (tertiary/aromatic N) is 2. The molecule has 118 valence electrons. The number of hydrogen-bond acceptors (Lipinski definition) is 3. The summed E-state index contributed by atoms with van der Waals surface area (Å²) in [5, 5.41) is 3.33. The maximum atomic E-state index is 12.5. The maximum absolute atomic E-state index is 12.5. The van der Waals surface area contributed by atoms with Crippen LogP contribution < -0.4 is 5.32 Å². The zero-order valence-electron chi connectivity index (χ0n) is 12.3. The Hall–Kier alpha value is -0.970. The number of carbonyl (C=O) groups is 1. The van der Waals surface area contributed by atoms with Crippen LogP contribution in [0, 0.1) is 0 Å². The van der Waals surface area contributed by atoms with E-state index in [1.165, 1.54) is 11.3 Å². The predicted octanol–water partition coefficient (Wildman–Crippen LogP) is 2.28. The number of carbonyl (C=O) groups excluding carboxylic acids is 1. The van der Waals surface area contributed by atoms with Gasteiger partial charge in [-0.3, -0.25) is 4.79 Å². The molecule has 2 aliphatic heterocycles. The molecule has 3 rings (SSSR count). The third kappa shape index (κ3) is 3.82. The lowest BCUT2D eigenvalue weighted by molar-refractivity contribution is 0.0643. The van der Waals surface area contributed by atoms with Crippen molar-refractivity contribution in [2.75, 3.05) is 44.6 Å². The van der Waals surface area contributed by atoms with Gasteiger partial charge in [-0.05, 0) is 36.7 Å². The molecular weight excluding hydrogens is 309 g/mol. The standard InChI is InChI=1S/C15H21N3O.2ClH/c1-2-17-7-9-18(10-8-17)15(19)13-3-4-14-12(11-13)5-6-16-14;;/h3-4,11,16H,2,5-10H2,1H3;2*1H. The number of halogens is 2. The Morgan fingerprint density at radius 3 is 2.57 bits per heavy atom. The minimum absolute atomic E-state index is 0. The lowest BCUT2D eigenvalue weighted by atomic mass is 10.1. The second-order valence-corrected chi connectivity index (χ2v) is 5.28. The summed E-state index contributed by atoms with van der Waals surface area (Å²) in [6.07, 6.45) is 1.03. The van der Waals surface area contributed by atoms with E-state index in [1.807, 2.05) is 17.0 Å². The fraction of sp³-hybridized carbons (Fsp3) is 0.533. The van der Waals surface area contributed by atoms with Gasteiger partial charge in [0.1, 0.15) is 0 Å². The van der Waals surface area contributed by atoms with Crippen molar-refractivity contribution in [1.82, 2.24) is 9.80 Å². The third-order valence-corrected chi connectivity index (χ3v) is 4.17. The first kappa shape index (κ1) is 18.1. The molecule has 6 heteroatoms. The second kappa shape index (κ2) is 7.87. The highest BCUT2D eigenvalue weighted by molar-refractivity contribution is 5.95. The van der Waals surface area contributed by atoms with E-state index in [0.29, 0.717) is 0 Å². The van der Waals surface area contributed by atoms with Crippen LogP contribution in [0.5, 0.6) is 0 Å². The maximum Gasteiger partial charge on any atom is 0.253 e. The van der Waals surface area contributed by atoms with Gasteiger partial charge in [0.25, 0.3) is 5.91 Å². The quantitative estimate of drug-likeness (QED) is 0.903. The van der Waals surface area contributed by atoms with E-state index < -0.39 is 0 Å². The van der Waals surface area contributed by atoms with Crippen molar-refractivity contribution in [3.8, 4) is 0 Å². The van der Waals surface area contributed by atoms with Gasteiger partial charge in [-0.15, -0.1) is 24.8 Å². The summed E-state index contributed by atoms with van der Waals surface area (Å²) in [6.45, 7) is 7.92. The Bertz CT molecular complexity index is 488. The smallest absolute Gasteiger partial charge is 0.253 e. The Balaban J connectivity index is 0.00000110. The molecule has 2 heterocycles. The zero-order chi connectivity index (χ0) is 13.2. The van der Waals surface area contributed by atoms with Crippen molar-refractivity contribution in [3.63, 3.8) is 0 Å². The molecule has 1 aromatic rings. The van der Waals surface area contributed by atoms with Crippen LogP contribution in [0.4, 0.5) is 5.69 Å². The van der Waals surface area contributed by atoms with Gasteiger partial charge in [-0.25, -0.2) is 0 Å². The van der Waals surface area contributed by atoms with Crippen LogP contribution in [0.2, 0.25) is 0 Å². The largest absolute Gasteiger partial charge is 0.384 e. The van der Waals surface area contributed by atoms with Crippen LogP contribution in [0.25, 0.3) is 0 Å². The molecule has 0 saturated carbocycles. The van der Waals surface area contributed by atoms with Crippen LogP contribution >= 0.6 is 24.8 Å². The van der Waals surface area contributed by atoms with E-state index >= 15 is 0 Å². The normalized spacial score (nSPS) is 17.3. The summed E-state index contributed by atoms with van der Waals surface area (Å²) in [5.74, 6) is 0.186. The number of fused-ring (bicyclic) bond motifs is 1. The Morgan fingerprint density at radius 1 is 1.19 bits per heavy atom. The van der Waals surface area contributed by atoms with E-state index in [4.69, 9.17) is 0 Å².